The molecule has 172 valence electrons. The lowest BCUT2D eigenvalue weighted by Gasteiger charge is -2.34. The minimum atomic E-state index is -0.188. The molecule has 9 nitrogen and oxygen atoms in total. The Hall–Kier alpha value is -3.10. The van der Waals surface area contributed by atoms with Gasteiger partial charge in [0.05, 0.1) is 28.8 Å². The number of nitrogens with zero attached hydrogens (tertiary/aromatic N) is 5. The fourth-order valence-electron chi connectivity index (χ4n) is 6.63. The zero-order valence-corrected chi connectivity index (χ0v) is 18.6. The average molecular weight is 450 g/mol. The van der Waals surface area contributed by atoms with Gasteiger partial charge < -0.3 is 9.42 Å². The minimum Gasteiger partial charge on any atom is -0.356 e. The fraction of sp³-hybridized carbons (Fsp3) is 0.583. The van der Waals surface area contributed by atoms with Crippen LogP contribution in [0.3, 0.4) is 0 Å². The smallest absolute Gasteiger partial charge is 0.242 e. The van der Waals surface area contributed by atoms with Gasteiger partial charge in [-0.25, -0.2) is 9.97 Å². The summed E-state index contributed by atoms with van der Waals surface area (Å²) in [6.45, 7) is 2.82. The van der Waals surface area contributed by atoms with Gasteiger partial charge in [0.15, 0.2) is 5.76 Å². The first kappa shape index (κ1) is 20.5. The number of hydrogen-bond acceptors (Lipinski definition) is 7. The van der Waals surface area contributed by atoms with Crippen LogP contribution in [-0.4, -0.2) is 62.3 Å². The molecule has 2 aliphatic carbocycles. The molecule has 3 amide bonds. The SMILES string of the molecule is Cc1cc(-c2cncnc2[C@H]2CCCN(C(=O)CN3C(=O)[C@@H]4[C@@H]5CC[C@@H](C5)[C@@H]4C3=O)C2)on1. The fourth-order valence-corrected chi connectivity index (χ4v) is 6.63. The molecule has 2 aromatic rings. The van der Waals surface area contributed by atoms with E-state index in [1.807, 2.05) is 13.0 Å². The zero-order chi connectivity index (χ0) is 22.7. The van der Waals surface area contributed by atoms with Crippen LogP contribution < -0.4 is 0 Å². The van der Waals surface area contributed by atoms with Crippen LogP contribution >= 0.6 is 0 Å². The normalized spacial score (nSPS) is 30.9. The lowest BCUT2D eigenvalue weighted by Crippen LogP contribution is -2.46. The molecule has 0 unspecified atom stereocenters. The van der Waals surface area contributed by atoms with E-state index in [2.05, 4.69) is 15.1 Å². The summed E-state index contributed by atoms with van der Waals surface area (Å²) < 4.78 is 5.43. The van der Waals surface area contributed by atoms with Crippen molar-refractivity contribution >= 4 is 17.7 Å². The molecule has 4 aliphatic rings. The Morgan fingerprint density at radius 1 is 1.15 bits per heavy atom. The van der Waals surface area contributed by atoms with E-state index in [1.54, 1.807) is 11.1 Å². The van der Waals surface area contributed by atoms with Crippen molar-refractivity contribution in [1.82, 2.24) is 24.9 Å². The summed E-state index contributed by atoms with van der Waals surface area (Å²) in [6, 6.07) is 1.85. The van der Waals surface area contributed by atoms with Gasteiger partial charge in [-0.2, -0.15) is 0 Å². The Balaban J connectivity index is 1.18. The first-order valence-corrected chi connectivity index (χ1v) is 11.9. The standard InChI is InChI=1S/C24H27N5O4/c1-13-7-18(33-27-13)17-9-25-12-26-22(17)16-3-2-6-28(10-16)19(30)11-29-23(31)20-14-4-5-15(8-14)21(20)24(29)32/h7,9,12,14-16,20-21H,2-6,8,10-11H2,1H3/t14-,15+,16-,20-,21+/m0/s1. The molecule has 0 aromatic carbocycles. The molecule has 0 N–H and O–H groups in total. The van der Waals surface area contributed by atoms with E-state index in [9.17, 15) is 14.4 Å². The Labute approximate surface area is 191 Å². The molecule has 4 heterocycles. The highest BCUT2D eigenvalue weighted by Crippen LogP contribution is 2.56. The maximum absolute atomic E-state index is 13.2. The molecule has 33 heavy (non-hydrogen) atoms. The summed E-state index contributed by atoms with van der Waals surface area (Å²) in [7, 11) is 0. The molecule has 0 radical (unpaired) electrons. The van der Waals surface area contributed by atoms with Gasteiger partial charge in [-0.15, -0.1) is 0 Å². The van der Waals surface area contributed by atoms with Crippen molar-refractivity contribution in [2.75, 3.05) is 19.6 Å². The number of carbonyl (C=O) groups excluding carboxylic acids is 3. The monoisotopic (exact) mass is 449 g/mol. The molecule has 2 aliphatic heterocycles. The van der Waals surface area contributed by atoms with E-state index in [0.29, 0.717) is 30.7 Å². The largest absolute Gasteiger partial charge is 0.356 e. The van der Waals surface area contributed by atoms with Crippen LogP contribution in [-0.2, 0) is 14.4 Å². The molecular formula is C24H27N5O4. The molecule has 4 fully saturated rings. The van der Waals surface area contributed by atoms with E-state index in [1.165, 1.54) is 11.2 Å². The minimum absolute atomic E-state index is 0.0197. The van der Waals surface area contributed by atoms with Crippen molar-refractivity contribution in [1.29, 1.82) is 0 Å². The Kier molecular flexibility index (Phi) is 4.81. The van der Waals surface area contributed by atoms with Gasteiger partial charge >= 0.3 is 0 Å². The van der Waals surface area contributed by atoms with E-state index in [0.717, 1.165) is 49.1 Å². The highest BCUT2D eigenvalue weighted by atomic mass is 16.5. The third-order valence-corrected chi connectivity index (χ3v) is 8.11. The van der Waals surface area contributed by atoms with Crippen molar-refractivity contribution in [3.8, 4) is 11.3 Å². The lowest BCUT2D eigenvalue weighted by atomic mass is 9.81. The quantitative estimate of drug-likeness (QED) is 0.658. The van der Waals surface area contributed by atoms with Crippen molar-refractivity contribution in [3.05, 3.63) is 30.0 Å². The number of piperidine rings is 1. The average Bonchev–Trinajstić information content (AvgIpc) is 3.61. The highest BCUT2D eigenvalue weighted by Gasteiger charge is 2.61. The number of imide groups is 1. The summed E-state index contributed by atoms with van der Waals surface area (Å²) in [5.41, 5.74) is 2.39. The summed E-state index contributed by atoms with van der Waals surface area (Å²) in [5, 5.41) is 3.97. The van der Waals surface area contributed by atoms with Crippen molar-refractivity contribution in [2.45, 2.75) is 44.9 Å². The van der Waals surface area contributed by atoms with E-state index < -0.39 is 0 Å². The second-order valence-electron chi connectivity index (χ2n) is 9.98. The van der Waals surface area contributed by atoms with Crippen LogP contribution in [0.5, 0.6) is 0 Å². The van der Waals surface area contributed by atoms with Crippen LogP contribution in [0, 0.1) is 30.6 Å². The Morgan fingerprint density at radius 2 is 1.91 bits per heavy atom. The maximum Gasteiger partial charge on any atom is 0.242 e. The van der Waals surface area contributed by atoms with Crippen molar-refractivity contribution in [3.63, 3.8) is 0 Å². The van der Waals surface area contributed by atoms with Crippen LogP contribution in [0.4, 0.5) is 0 Å². The van der Waals surface area contributed by atoms with Gasteiger partial charge in [-0.3, -0.25) is 19.3 Å². The number of hydrogen-bond donors (Lipinski definition) is 0. The molecule has 2 aromatic heterocycles. The van der Waals surface area contributed by atoms with Crippen LogP contribution in [0.2, 0.25) is 0 Å². The summed E-state index contributed by atoms with van der Waals surface area (Å²) in [5.74, 6) is 0.487. The van der Waals surface area contributed by atoms with E-state index in [4.69, 9.17) is 4.52 Å². The third-order valence-electron chi connectivity index (χ3n) is 8.11. The number of carbonyl (C=O) groups is 3. The van der Waals surface area contributed by atoms with E-state index in [-0.39, 0.29) is 42.0 Å². The number of likely N-dealkylation sites (tertiary alicyclic amines) is 2. The zero-order valence-electron chi connectivity index (χ0n) is 18.6. The predicted octanol–water partition coefficient (Wildman–Crippen LogP) is 2.18. The summed E-state index contributed by atoms with van der Waals surface area (Å²) in [4.78, 5) is 50.9. The molecule has 6 rings (SSSR count). The summed E-state index contributed by atoms with van der Waals surface area (Å²) in [6.07, 6.45) is 8.00. The number of rotatable bonds is 4. The Morgan fingerprint density at radius 3 is 2.61 bits per heavy atom. The van der Waals surface area contributed by atoms with Gasteiger partial charge in [0.25, 0.3) is 0 Å². The predicted molar refractivity (Wildman–Crippen MR) is 115 cm³/mol. The number of fused-ring (bicyclic) bond motifs is 5. The maximum atomic E-state index is 13.2. The topological polar surface area (TPSA) is 110 Å². The number of amides is 3. The van der Waals surface area contributed by atoms with Gasteiger partial charge in [-0.1, -0.05) is 5.16 Å². The molecule has 2 saturated carbocycles. The highest BCUT2D eigenvalue weighted by molar-refractivity contribution is 6.08. The molecule has 2 bridgehead atoms. The first-order chi connectivity index (χ1) is 16.0. The van der Waals surface area contributed by atoms with E-state index >= 15 is 0 Å². The first-order valence-electron chi connectivity index (χ1n) is 11.9. The van der Waals surface area contributed by atoms with Gasteiger partial charge in [0.1, 0.15) is 12.9 Å². The molecule has 0 spiro atoms. The van der Waals surface area contributed by atoms with Gasteiger partial charge in [-0.05, 0) is 50.9 Å². The van der Waals surface area contributed by atoms with Crippen molar-refractivity contribution < 1.29 is 18.9 Å². The second kappa shape index (κ2) is 7.74. The molecule has 9 heteroatoms. The van der Waals surface area contributed by atoms with Gasteiger partial charge in [0.2, 0.25) is 17.7 Å². The molecular weight excluding hydrogens is 422 g/mol. The third kappa shape index (κ3) is 3.28. The van der Waals surface area contributed by atoms with Gasteiger partial charge in [0, 0.05) is 31.3 Å². The Bertz CT molecular complexity index is 1100. The summed E-state index contributed by atoms with van der Waals surface area (Å²) >= 11 is 0. The number of aromatic nitrogens is 3. The number of aryl methyl sites for hydroxylation is 1. The molecule has 2 saturated heterocycles. The lowest BCUT2D eigenvalue weighted by molar-refractivity contribution is -0.147. The van der Waals surface area contributed by atoms with Crippen LogP contribution in [0.1, 0.15) is 49.4 Å². The van der Waals surface area contributed by atoms with Crippen LogP contribution in [0.25, 0.3) is 11.3 Å². The van der Waals surface area contributed by atoms with Crippen molar-refractivity contribution in [2.24, 2.45) is 23.7 Å². The van der Waals surface area contributed by atoms with Crippen LogP contribution in [0.15, 0.2) is 23.1 Å². The molecule has 5 atom stereocenters. The second-order valence-corrected chi connectivity index (χ2v) is 9.98.